The summed E-state index contributed by atoms with van der Waals surface area (Å²) in [5, 5.41) is 2.80. The lowest BCUT2D eigenvalue weighted by Crippen LogP contribution is -2.22. The van der Waals surface area contributed by atoms with Crippen molar-refractivity contribution in [2.75, 3.05) is 6.54 Å². The van der Waals surface area contributed by atoms with Gasteiger partial charge in [-0.25, -0.2) is 4.98 Å². The van der Waals surface area contributed by atoms with Gasteiger partial charge in [0.25, 0.3) is 5.91 Å². The predicted octanol–water partition coefficient (Wildman–Crippen LogP) is 1.59. The van der Waals surface area contributed by atoms with Crippen LogP contribution in [0.4, 0.5) is 0 Å². The maximum absolute atomic E-state index is 11.9. The zero-order chi connectivity index (χ0) is 14.5. The molecule has 0 fully saturated rings. The molecule has 0 bridgehead atoms. The van der Waals surface area contributed by atoms with Crippen molar-refractivity contribution in [3.05, 3.63) is 39.2 Å². The molecule has 2 heterocycles. The molecule has 0 saturated carbocycles. The Morgan fingerprint density at radius 2 is 2.30 bits per heavy atom. The molecule has 3 N–H and O–H groups in total. The molecule has 0 unspecified atom stereocenters. The van der Waals surface area contributed by atoms with Gasteiger partial charge in [0.05, 0.1) is 23.7 Å². The molecule has 0 aliphatic carbocycles. The van der Waals surface area contributed by atoms with E-state index in [0.29, 0.717) is 24.7 Å². The average Bonchev–Trinajstić information content (AvgIpc) is 3.00. The van der Waals surface area contributed by atoms with E-state index in [1.165, 1.54) is 11.3 Å². The zero-order valence-electron chi connectivity index (χ0n) is 11.3. The second-order valence-electron chi connectivity index (χ2n) is 4.10. The quantitative estimate of drug-likeness (QED) is 0.841. The summed E-state index contributed by atoms with van der Waals surface area (Å²) in [5.41, 5.74) is 5.92. The lowest BCUT2D eigenvalue weighted by molar-refractivity contribution is 0.0921. The van der Waals surface area contributed by atoms with Gasteiger partial charge in [-0.3, -0.25) is 4.79 Å². The number of nitrogens with one attached hydrogen (secondary N) is 1. The van der Waals surface area contributed by atoms with Gasteiger partial charge in [-0.1, -0.05) is 11.8 Å². The van der Waals surface area contributed by atoms with Crippen molar-refractivity contribution in [2.45, 2.75) is 20.4 Å². The second-order valence-corrected chi connectivity index (χ2v) is 5.27. The molecule has 20 heavy (non-hydrogen) atoms. The Morgan fingerprint density at radius 1 is 1.50 bits per heavy atom. The normalized spacial score (nSPS) is 9.95. The molecule has 2 rings (SSSR count). The fraction of sp³-hybridized carbons (Fsp3) is 0.286. The number of hydrogen-bond acceptors (Lipinski definition) is 5. The van der Waals surface area contributed by atoms with Gasteiger partial charge in [0.1, 0.15) is 0 Å². The number of rotatable bonds is 3. The summed E-state index contributed by atoms with van der Waals surface area (Å²) in [6, 6.07) is 3.85. The zero-order valence-corrected chi connectivity index (χ0v) is 12.1. The number of aromatic nitrogens is 1. The van der Waals surface area contributed by atoms with Gasteiger partial charge in [0, 0.05) is 11.8 Å². The molecule has 2 aromatic heterocycles. The number of thiophene rings is 1. The van der Waals surface area contributed by atoms with Crippen molar-refractivity contribution in [3.63, 3.8) is 0 Å². The van der Waals surface area contributed by atoms with E-state index in [0.717, 1.165) is 9.75 Å². The van der Waals surface area contributed by atoms with Gasteiger partial charge in [-0.15, -0.1) is 11.3 Å². The molecule has 104 valence electrons. The van der Waals surface area contributed by atoms with Crippen molar-refractivity contribution in [2.24, 2.45) is 5.73 Å². The number of amides is 1. The van der Waals surface area contributed by atoms with E-state index in [1.54, 1.807) is 13.8 Å². The molecule has 0 spiro atoms. The maximum Gasteiger partial charge on any atom is 0.289 e. The van der Waals surface area contributed by atoms with E-state index in [-0.39, 0.29) is 11.7 Å². The molecule has 2 aromatic rings. The predicted molar refractivity (Wildman–Crippen MR) is 77.4 cm³/mol. The van der Waals surface area contributed by atoms with Crippen LogP contribution in [-0.4, -0.2) is 17.4 Å². The van der Waals surface area contributed by atoms with Crippen LogP contribution >= 0.6 is 11.3 Å². The third-order valence-electron chi connectivity index (χ3n) is 2.51. The minimum absolute atomic E-state index is 0.258. The number of nitrogens with zero attached hydrogens (tertiary/aromatic N) is 1. The number of hydrogen-bond donors (Lipinski definition) is 2. The molecule has 0 saturated heterocycles. The maximum atomic E-state index is 11.9. The standard InChI is InChI=1S/C14H15N3O2S/c1-9-13(19-10(2)17-9)14(18)16-8-12-6-5-11(20-12)4-3-7-15/h5-6H,7-8,15H2,1-2H3,(H,16,18). The lowest BCUT2D eigenvalue weighted by Gasteiger charge is -2.00. The summed E-state index contributed by atoms with van der Waals surface area (Å²) >= 11 is 1.53. The Morgan fingerprint density at radius 3 is 2.95 bits per heavy atom. The Labute approximate surface area is 121 Å². The van der Waals surface area contributed by atoms with Crippen molar-refractivity contribution in [1.29, 1.82) is 0 Å². The first-order valence-electron chi connectivity index (χ1n) is 6.10. The molecule has 1 amide bonds. The van der Waals surface area contributed by atoms with Crippen molar-refractivity contribution < 1.29 is 9.21 Å². The number of nitrogens with two attached hydrogens (primary N) is 1. The molecular formula is C14H15N3O2S. The SMILES string of the molecule is Cc1nc(C)c(C(=O)NCc2ccc(C#CCN)s2)o1. The first kappa shape index (κ1) is 14.3. The Kier molecular flexibility index (Phi) is 4.56. The third kappa shape index (κ3) is 3.47. The fourth-order valence-corrected chi connectivity index (χ4v) is 2.49. The Balaban J connectivity index is 1.96. The third-order valence-corrected chi connectivity index (χ3v) is 3.51. The smallest absolute Gasteiger partial charge is 0.289 e. The van der Waals surface area contributed by atoms with Crippen LogP contribution in [-0.2, 0) is 6.54 Å². The summed E-state index contributed by atoms with van der Waals surface area (Å²) in [5.74, 6) is 6.25. The summed E-state index contributed by atoms with van der Waals surface area (Å²) in [4.78, 5) is 18.0. The highest BCUT2D eigenvalue weighted by Gasteiger charge is 2.15. The Bertz CT molecular complexity index is 676. The van der Waals surface area contributed by atoms with E-state index in [9.17, 15) is 4.79 Å². The molecule has 0 radical (unpaired) electrons. The molecule has 0 aromatic carbocycles. The van der Waals surface area contributed by atoms with Gasteiger partial charge < -0.3 is 15.5 Å². The van der Waals surface area contributed by atoms with E-state index >= 15 is 0 Å². The monoisotopic (exact) mass is 289 g/mol. The molecule has 0 atom stereocenters. The van der Waals surface area contributed by atoms with Gasteiger partial charge in [0.15, 0.2) is 5.89 Å². The van der Waals surface area contributed by atoms with Crippen LogP contribution < -0.4 is 11.1 Å². The topological polar surface area (TPSA) is 81.2 Å². The van der Waals surface area contributed by atoms with Crippen LogP contribution in [0.5, 0.6) is 0 Å². The van der Waals surface area contributed by atoms with E-state index in [1.807, 2.05) is 12.1 Å². The Hall–Kier alpha value is -2.10. The van der Waals surface area contributed by atoms with Gasteiger partial charge in [0.2, 0.25) is 5.76 Å². The highest BCUT2D eigenvalue weighted by molar-refractivity contribution is 7.12. The number of aryl methyl sites for hydroxylation is 2. The van der Waals surface area contributed by atoms with Crippen molar-refractivity contribution in [1.82, 2.24) is 10.3 Å². The van der Waals surface area contributed by atoms with Crippen LogP contribution in [0, 0.1) is 25.7 Å². The summed E-state index contributed by atoms with van der Waals surface area (Å²) < 4.78 is 5.27. The van der Waals surface area contributed by atoms with E-state index < -0.39 is 0 Å². The van der Waals surface area contributed by atoms with Crippen molar-refractivity contribution in [3.8, 4) is 11.8 Å². The van der Waals surface area contributed by atoms with Crippen molar-refractivity contribution >= 4 is 17.2 Å². The van der Waals surface area contributed by atoms with Crippen LogP contribution in [0.2, 0.25) is 0 Å². The van der Waals surface area contributed by atoms with Crippen LogP contribution in [0.1, 0.15) is 31.9 Å². The number of carbonyl (C=O) groups excluding carboxylic acids is 1. The van der Waals surface area contributed by atoms with E-state index in [4.69, 9.17) is 10.2 Å². The van der Waals surface area contributed by atoms with Crippen LogP contribution in [0.3, 0.4) is 0 Å². The molecule has 0 aliphatic heterocycles. The van der Waals surface area contributed by atoms with Gasteiger partial charge in [-0.2, -0.15) is 0 Å². The number of carbonyl (C=O) groups is 1. The highest BCUT2D eigenvalue weighted by Crippen LogP contribution is 2.15. The average molecular weight is 289 g/mol. The minimum Gasteiger partial charge on any atom is -0.436 e. The lowest BCUT2D eigenvalue weighted by atomic mass is 10.3. The summed E-state index contributed by atoms with van der Waals surface area (Å²) in [6.45, 7) is 4.24. The highest BCUT2D eigenvalue weighted by atomic mass is 32.1. The van der Waals surface area contributed by atoms with Gasteiger partial charge in [-0.05, 0) is 19.1 Å². The molecule has 6 heteroatoms. The second kappa shape index (κ2) is 6.37. The molecule has 5 nitrogen and oxygen atoms in total. The van der Waals surface area contributed by atoms with Crippen LogP contribution in [0.15, 0.2) is 16.5 Å². The molecular weight excluding hydrogens is 274 g/mol. The van der Waals surface area contributed by atoms with Gasteiger partial charge >= 0.3 is 0 Å². The fourth-order valence-electron chi connectivity index (χ4n) is 1.67. The van der Waals surface area contributed by atoms with Crippen LogP contribution in [0.25, 0.3) is 0 Å². The van der Waals surface area contributed by atoms with E-state index in [2.05, 4.69) is 22.1 Å². The minimum atomic E-state index is -0.258. The first-order valence-corrected chi connectivity index (χ1v) is 6.91. The largest absolute Gasteiger partial charge is 0.436 e. The summed E-state index contributed by atoms with van der Waals surface area (Å²) in [6.07, 6.45) is 0. The summed E-state index contributed by atoms with van der Waals surface area (Å²) in [7, 11) is 0. The molecule has 0 aliphatic rings. The first-order chi connectivity index (χ1) is 9.60. The number of oxazole rings is 1.